The van der Waals surface area contributed by atoms with Crippen LogP contribution in [0.15, 0.2) is 0 Å². The first-order chi connectivity index (χ1) is 8.47. The molecule has 7 N–H and O–H groups in total. The first-order valence-electron chi connectivity index (χ1n) is 5.17. The molecular weight excluding hydrogens is 362 g/mol. The molecule has 12 heteroatoms. The number of hydrogen-bond donors (Lipinski definition) is 6. The van der Waals surface area contributed by atoms with E-state index in [1.807, 2.05) is 0 Å². The molecule has 0 radical (unpaired) electrons. The van der Waals surface area contributed by atoms with Gasteiger partial charge >= 0.3 is 59.1 Å². The summed E-state index contributed by atoms with van der Waals surface area (Å²) < 4.78 is 0. The zero-order valence-corrected chi connectivity index (χ0v) is 19.0. The fourth-order valence-corrected chi connectivity index (χ4v) is 0.292. The maximum absolute atomic E-state index is 9.00. The van der Waals surface area contributed by atoms with Gasteiger partial charge in [0, 0.05) is 50.9 Å². The molecule has 0 saturated heterocycles. The van der Waals surface area contributed by atoms with Gasteiger partial charge in [0.15, 0.2) is 0 Å². The van der Waals surface area contributed by atoms with Crippen molar-refractivity contribution in [1.82, 2.24) is 5.32 Å². The minimum atomic E-state index is -0.833. The molecule has 0 rings (SSSR count). The van der Waals surface area contributed by atoms with Crippen LogP contribution in [0.25, 0.3) is 0 Å². The molecule has 1 unspecified atom stereocenters. The molecule has 128 valence electrons. The van der Waals surface area contributed by atoms with Crippen molar-refractivity contribution in [2.75, 3.05) is 13.1 Å². The summed E-state index contributed by atoms with van der Waals surface area (Å²) in [6.07, 6.45) is -0.427. The monoisotopic (exact) mass is 388 g/mol. The van der Waals surface area contributed by atoms with Crippen molar-refractivity contribution >= 4 is 17.9 Å². The first kappa shape index (κ1) is 43.4. The van der Waals surface area contributed by atoms with Gasteiger partial charge in [-0.05, 0) is 6.92 Å². The van der Waals surface area contributed by atoms with E-state index < -0.39 is 24.1 Å². The smallest absolute Gasteiger partial charge is 1.00 e. The van der Waals surface area contributed by atoms with Crippen LogP contribution in [0.1, 0.15) is 30.5 Å². The number of nitrogens with two attached hydrogens (primary N) is 1. The van der Waals surface area contributed by atoms with Gasteiger partial charge in [0.25, 0.3) is 17.9 Å². The standard InChI is InChI=1S/C4H12N2O.3C2H4O2.Fe.2Na.2H/c1-4(7)6-3-2-5;3*1-2(3)4;;;;;/h4,6-7H,2-3,5H2,1H3;3*1H3,(H,3,4);;;;;/q;;;;;2*+1;2*-1. The van der Waals surface area contributed by atoms with Crippen molar-refractivity contribution in [3.05, 3.63) is 0 Å². The van der Waals surface area contributed by atoms with E-state index in [1.54, 1.807) is 6.92 Å². The van der Waals surface area contributed by atoms with Crippen molar-refractivity contribution in [2.45, 2.75) is 33.9 Å². The zero-order chi connectivity index (χ0) is 16.4. The van der Waals surface area contributed by atoms with Crippen LogP contribution >= 0.6 is 0 Å². The Morgan fingerprint density at radius 2 is 1.18 bits per heavy atom. The molecule has 0 fully saturated rings. The predicted molar refractivity (Wildman–Crippen MR) is 70.9 cm³/mol. The van der Waals surface area contributed by atoms with Crippen molar-refractivity contribution in [3.63, 3.8) is 0 Å². The predicted octanol–water partition coefficient (Wildman–Crippen LogP) is -6.62. The second-order valence-corrected chi connectivity index (χ2v) is 2.98. The first-order valence-corrected chi connectivity index (χ1v) is 5.17. The van der Waals surface area contributed by atoms with Gasteiger partial charge in [0.05, 0.1) is 0 Å². The van der Waals surface area contributed by atoms with Gasteiger partial charge in [-0.1, -0.05) is 0 Å². The maximum atomic E-state index is 9.00. The Labute approximate surface area is 188 Å². The van der Waals surface area contributed by atoms with Crippen LogP contribution in [0.2, 0.25) is 0 Å². The molecule has 0 aromatic heterocycles. The third-order valence-corrected chi connectivity index (χ3v) is 0.584. The van der Waals surface area contributed by atoms with Gasteiger partial charge < -0.3 is 29.0 Å². The van der Waals surface area contributed by atoms with Crippen molar-refractivity contribution < 1.29 is 114 Å². The van der Waals surface area contributed by atoms with Gasteiger partial charge in [0.2, 0.25) is 0 Å². The van der Waals surface area contributed by atoms with Crippen LogP contribution in [-0.2, 0) is 31.5 Å². The maximum Gasteiger partial charge on any atom is 1.00 e. The molecule has 0 saturated carbocycles. The summed E-state index contributed by atoms with van der Waals surface area (Å²) in [5.41, 5.74) is 5.10. The van der Waals surface area contributed by atoms with Gasteiger partial charge in [-0.3, -0.25) is 19.7 Å². The molecule has 0 aliphatic carbocycles. The summed E-state index contributed by atoms with van der Waals surface area (Å²) in [7, 11) is 0. The summed E-state index contributed by atoms with van der Waals surface area (Å²) in [6.45, 7) is 6.16. The number of carbonyl (C=O) groups is 3. The van der Waals surface area contributed by atoms with E-state index in [4.69, 9.17) is 40.5 Å². The van der Waals surface area contributed by atoms with Gasteiger partial charge in [-0.2, -0.15) is 0 Å². The van der Waals surface area contributed by atoms with Crippen molar-refractivity contribution in [1.29, 1.82) is 0 Å². The van der Waals surface area contributed by atoms with Crippen LogP contribution in [0.3, 0.4) is 0 Å². The molecule has 0 spiro atoms. The molecule has 22 heavy (non-hydrogen) atoms. The Morgan fingerprint density at radius 3 is 1.23 bits per heavy atom. The molecule has 0 aliphatic rings. The van der Waals surface area contributed by atoms with Crippen LogP contribution in [0.4, 0.5) is 0 Å². The van der Waals surface area contributed by atoms with Gasteiger partial charge in [-0.25, -0.2) is 0 Å². The minimum absolute atomic E-state index is 0. The number of carboxylic acids is 3. The summed E-state index contributed by atoms with van der Waals surface area (Å²) in [6, 6.07) is 0. The Bertz CT molecular complexity index is 217. The van der Waals surface area contributed by atoms with E-state index in [1.165, 1.54) is 0 Å². The van der Waals surface area contributed by atoms with Crippen molar-refractivity contribution in [3.8, 4) is 0 Å². The topological polar surface area (TPSA) is 170 Å². The Balaban J connectivity index is -0.0000000172. The number of aliphatic hydroxyl groups is 1. The summed E-state index contributed by atoms with van der Waals surface area (Å²) in [4.78, 5) is 27.0. The fourth-order valence-electron chi connectivity index (χ4n) is 0.292. The van der Waals surface area contributed by atoms with Crippen LogP contribution < -0.4 is 70.2 Å². The average Bonchev–Trinajstić information content (AvgIpc) is 2.11. The molecule has 0 amide bonds. The van der Waals surface area contributed by atoms with Crippen LogP contribution in [-0.4, -0.2) is 57.7 Å². The molecular formula is C10H26FeN2Na2O7. The number of nitrogens with one attached hydrogen (secondary N) is 1. The minimum Gasteiger partial charge on any atom is -1.00 e. The molecule has 0 heterocycles. The second-order valence-electron chi connectivity index (χ2n) is 2.98. The third-order valence-electron chi connectivity index (χ3n) is 0.584. The van der Waals surface area contributed by atoms with E-state index in [0.29, 0.717) is 13.1 Å². The van der Waals surface area contributed by atoms with Crippen molar-refractivity contribution in [2.24, 2.45) is 5.73 Å². The van der Waals surface area contributed by atoms with E-state index in [-0.39, 0.29) is 79.0 Å². The number of hydrogen-bond acceptors (Lipinski definition) is 6. The molecule has 0 bridgehead atoms. The molecule has 1 atom stereocenters. The number of carboxylic acid groups (broad SMARTS) is 3. The van der Waals surface area contributed by atoms with E-state index in [0.717, 1.165) is 20.8 Å². The third kappa shape index (κ3) is 353. The zero-order valence-electron chi connectivity index (χ0n) is 15.9. The quantitative estimate of drug-likeness (QED) is 0.203. The summed E-state index contributed by atoms with van der Waals surface area (Å²) in [5, 5.41) is 33.5. The summed E-state index contributed by atoms with van der Waals surface area (Å²) in [5.74, 6) is -2.50. The van der Waals surface area contributed by atoms with Crippen LogP contribution in [0.5, 0.6) is 0 Å². The Kier molecular flexibility index (Phi) is 74.6. The Hall–Kier alpha value is 0.809. The van der Waals surface area contributed by atoms with E-state index in [2.05, 4.69) is 5.32 Å². The normalized spacial score (nSPS) is 7.91. The largest absolute Gasteiger partial charge is 1.00 e. The van der Waals surface area contributed by atoms with Gasteiger partial charge in [-0.15, -0.1) is 0 Å². The number of rotatable bonds is 3. The van der Waals surface area contributed by atoms with Gasteiger partial charge in [0.1, 0.15) is 6.23 Å². The second kappa shape index (κ2) is 37.8. The molecule has 0 aromatic rings. The summed E-state index contributed by atoms with van der Waals surface area (Å²) >= 11 is 0. The van der Waals surface area contributed by atoms with E-state index in [9.17, 15) is 0 Å². The van der Waals surface area contributed by atoms with E-state index >= 15 is 0 Å². The molecule has 9 nitrogen and oxygen atoms in total. The fraction of sp³-hybridized carbons (Fsp3) is 0.700. The Morgan fingerprint density at radius 1 is 1.00 bits per heavy atom. The molecule has 0 aliphatic heterocycles. The number of aliphatic carboxylic acids is 3. The number of aliphatic hydroxyl groups excluding tert-OH is 1. The molecule has 0 aromatic carbocycles. The average molecular weight is 388 g/mol. The van der Waals surface area contributed by atoms with Crippen LogP contribution in [0, 0.1) is 0 Å². The SMILES string of the molecule is CC(=O)O.CC(=O)O.CC(=O)O.CC(O)NCCN.[Fe].[H-].[H-].[Na+].[Na+].